The van der Waals surface area contributed by atoms with Crippen LogP contribution in [0.25, 0.3) is 0 Å². The van der Waals surface area contributed by atoms with Gasteiger partial charge in [0.2, 0.25) is 0 Å². The highest BCUT2D eigenvalue weighted by Gasteiger charge is 2.15. The first-order chi connectivity index (χ1) is 12.2. The summed E-state index contributed by atoms with van der Waals surface area (Å²) in [5.41, 5.74) is 2.52. The van der Waals surface area contributed by atoms with Crippen molar-refractivity contribution >= 4 is 17.4 Å². The Balaban J connectivity index is 1.64. The molecule has 0 bridgehead atoms. The Morgan fingerprint density at radius 3 is 2.36 bits per heavy atom. The molecule has 0 amide bonds. The first-order valence-electron chi connectivity index (χ1n) is 9.33. The summed E-state index contributed by atoms with van der Waals surface area (Å²) in [5, 5.41) is 4.23. The molecule has 0 aromatic heterocycles. The molecule has 1 aliphatic rings. The predicted molar refractivity (Wildman–Crippen MR) is 104 cm³/mol. The molecule has 0 heterocycles. The molecule has 0 aliphatic heterocycles. The summed E-state index contributed by atoms with van der Waals surface area (Å²) in [5.74, 6) is 0.838. The van der Waals surface area contributed by atoms with Gasteiger partial charge in [-0.05, 0) is 55.1 Å². The second-order valence-corrected chi connectivity index (χ2v) is 7.42. The molecule has 2 aromatic carbocycles. The minimum Gasteiger partial charge on any atom is -0.312 e. The molecule has 0 radical (unpaired) electrons. The fourth-order valence-corrected chi connectivity index (χ4v) is 3.76. The molecule has 0 saturated heterocycles. The third-order valence-corrected chi connectivity index (χ3v) is 5.34. The maximum absolute atomic E-state index is 12.8. The zero-order valence-corrected chi connectivity index (χ0v) is 15.4. The monoisotopic (exact) mass is 355 g/mol. The molecule has 1 N–H and O–H groups in total. The summed E-state index contributed by atoms with van der Waals surface area (Å²) in [6.07, 6.45) is 8.15. The van der Waals surface area contributed by atoms with E-state index in [2.05, 4.69) is 5.32 Å². The molecular formula is C22H26ClNO. The molecule has 3 rings (SSSR count). The number of rotatable bonds is 6. The molecular weight excluding hydrogens is 330 g/mol. The van der Waals surface area contributed by atoms with Gasteiger partial charge in [-0.15, -0.1) is 0 Å². The van der Waals surface area contributed by atoms with Crippen LogP contribution in [0.15, 0.2) is 48.5 Å². The van der Waals surface area contributed by atoms with Gasteiger partial charge >= 0.3 is 0 Å². The van der Waals surface area contributed by atoms with E-state index in [0.717, 1.165) is 30.1 Å². The minimum atomic E-state index is 0.0588. The van der Waals surface area contributed by atoms with Crippen LogP contribution < -0.4 is 5.32 Å². The number of benzene rings is 2. The summed E-state index contributed by atoms with van der Waals surface area (Å²) in [7, 11) is 0. The van der Waals surface area contributed by atoms with Crippen molar-refractivity contribution in [2.24, 2.45) is 5.92 Å². The lowest BCUT2D eigenvalue weighted by Crippen LogP contribution is -2.23. The number of ketones is 1. The highest BCUT2D eigenvalue weighted by Crippen LogP contribution is 2.22. The van der Waals surface area contributed by atoms with Gasteiger partial charge in [0.15, 0.2) is 5.78 Å². The number of carbonyl (C=O) groups excluding carboxylic acids is 1. The number of hydrogen-bond donors (Lipinski definition) is 1. The Morgan fingerprint density at radius 1 is 0.960 bits per heavy atom. The summed E-state index contributed by atoms with van der Waals surface area (Å²) in [6, 6.07) is 15.0. The fourth-order valence-electron chi connectivity index (χ4n) is 3.63. The predicted octanol–water partition coefficient (Wildman–Crippen LogP) is 5.63. The Morgan fingerprint density at radius 2 is 1.64 bits per heavy atom. The molecule has 1 fully saturated rings. The summed E-state index contributed by atoms with van der Waals surface area (Å²) < 4.78 is 0. The van der Waals surface area contributed by atoms with Crippen LogP contribution in [0.3, 0.4) is 0 Å². The first-order valence-corrected chi connectivity index (χ1v) is 9.71. The third kappa shape index (κ3) is 5.17. The van der Waals surface area contributed by atoms with E-state index in [1.807, 2.05) is 24.3 Å². The summed E-state index contributed by atoms with van der Waals surface area (Å²) >= 11 is 5.93. The van der Waals surface area contributed by atoms with E-state index >= 15 is 0 Å². The van der Waals surface area contributed by atoms with E-state index in [4.69, 9.17) is 11.6 Å². The SMILES string of the molecule is O=C(c1ccc(Cl)cc1)c1ccccc1CNCC1CCCCCC1. The average molecular weight is 356 g/mol. The van der Waals surface area contributed by atoms with Crippen molar-refractivity contribution in [3.63, 3.8) is 0 Å². The van der Waals surface area contributed by atoms with Gasteiger partial charge in [-0.3, -0.25) is 4.79 Å². The smallest absolute Gasteiger partial charge is 0.193 e. The van der Waals surface area contributed by atoms with Crippen molar-refractivity contribution in [1.82, 2.24) is 5.32 Å². The second-order valence-electron chi connectivity index (χ2n) is 6.98. The van der Waals surface area contributed by atoms with E-state index in [1.54, 1.807) is 24.3 Å². The molecule has 3 heteroatoms. The normalized spacial score (nSPS) is 15.7. The Hall–Kier alpha value is -1.64. The van der Waals surface area contributed by atoms with Crippen molar-refractivity contribution in [2.75, 3.05) is 6.54 Å². The zero-order chi connectivity index (χ0) is 17.5. The Labute approximate surface area is 155 Å². The highest BCUT2D eigenvalue weighted by atomic mass is 35.5. The summed E-state index contributed by atoms with van der Waals surface area (Å²) in [6.45, 7) is 1.79. The van der Waals surface area contributed by atoms with E-state index in [9.17, 15) is 4.79 Å². The van der Waals surface area contributed by atoms with E-state index in [1.165, 1.54) is 38.5 Å². The number of halogens is 1. The highest BCUT2D eigenvalue weighted by molar-refractivity contribution is 6.30. The van der Waals surface area contributed by atoms with E-state index < -0.39 is 0 Å². The third-order valence-electron chi connectivity index (χ3n) is 5.09. The van der Waals surface area contributed by atoms with Crippen molar-refractivity contribution in [3.05, 3.63) is 70.2 Å². The molecule has 132 valence electrons. The molecule has 0 spiro atoms. The minimum absolute atomic E-state index is 0.0588. The lowest BCUT2D eigenvalue weighted by Gasteiger charge is -2.16. The van der Waals surface area contributed by atoms with Crippen LogP contribution in [-0.2, 0) is 6.54 Å². The van der Waals surface area contributed by atoms with Gasteiger partial charge in [0.1, 0.15) is 0 Å². The maximum atomic E-state index is 12.8. The van der Waals surface area contributed by atoms with Gasteiger partial charge < -0.3 is 5.32 Å². The van der Waals surface area contributed by atoms with Crippen LogP contribution in [0.4, 0.5) is 0 Å². The van der Waals surface area contributed by atoms with Crippen LogP contribution in [0.1, 0.15) is 60.0 Å². The van der Waals surface area contributed by atoms with Crippen molar-refractivity contribution in [2.45, 2.75) is 45.1 Å². The van der Waals surface area contributed by atoms with Crippen molar-refractivity contribution in [3.8, 4) is 0 Å². The van der Waals surface area contributed by atoms with Crippen LogP contribution >= 0.6 is 11.6 Å². The van der Waals surface area contributed by atoms with Gasteiger partial charge in [0.05, 0.1) is 0 Å². The molecule has 0 unspecified atom stereocenters. The van der Waals surface area contributed by atoms with Gasteiger partial charge in [-0.1, -0.05) is 61.5 Å². The number of nitrogens with one attached hydrogen (secondary N) is 1. The Bertz CT molecular complexity index is 687. The summed E-state index contributed by atoms with van der Waals surface area (Å²) in [4.78, 5) is 12.8. The molecule has 2 nitrogen and oxygen atoms in total. The first kappa shape index (κ1) is 18.2. The second kappa shape index (κ2) is 9.17. The zero-order valence-electron chi connectivity index (χ0n) is 14.6. The molecule has 1 aliphatic carbocycles. The van der Waals surface area contributed by atoms with Gasteiger partial charge in [0, 0.05) is 22.7 Å². The van der Waals surface area contributed by atoms with Crippen molar-refractivity contribution < 1.29 is 4.79 Å². The topological polar surface area (TPSA) is 29.1 Å². The van der Waals surface area contributed by atoms with E-state index in [0.29, 0.717) is 10.6 Å². The quantitative estimate of drug-likeness (QED) is 0.537. The average Bonchev–Trinajstić information content (AvgIpc) is 2.91. The van der Waals surface area contributed by atoms with Gasteiger partial charge in [-0.25, -0.2) is 0 Å². The van der Waals surface area contributed by atoms with Gasteiger partial charge in [-0.2, -0.15) is 0 Å². The lowest BCUT2D eigenvalue weighted by molar-refractivity contribution is 0.103. The van der Waals surface area contributed by atoms with Crippen LogP contribution in [0, 0.1) is 5.92 Å². The van der Waals surface area contributed by atoms with E-state index in [-0.39, 0.29) is 5.78 Å². The maximum Gasteiger partial charge on any atom is 0.193 e. The standard InChI is InChI=1S/C22H26ClNO/c23-20-13-11-18(12-14-20)22(25)21-10-6-5-9-19(21)16-24-15-17-7-3-1-2-4-8-17/h5-6,9-14,17,24H,1-4,7-8,15-16H2. The largest absolute Gasteiger partial charge is 0.312 e. The molecule has 2 aromatic rings. The van der Waals surface area contributed by atoms with Crippen LogP contribution in [-0.4, -0.2) is 12.3 Å². The number of carbonyl (C=O) groups is 1. The van der Waals surface area contributed by atoms with Gasteiger partial charge in [0.25, 0.3) is 0 Å². The molecule has 25 heavy (non-hydrogen) atoms. The van der Waals surface area contributed by atoms with Crippen molar-refractivity contribution in [1.29, 1.82) is 0 Å². The van der Waals surface area contributed by atoms with Crippen LogP contribution in [0.2, 0.25) is 5.02 Å². The van der Waals surface area contributed by atoms with Crippen LogP contribution in [0.5, 0.6) is 0 Å². The fraction of sp³-hybridized carbons (Fsp3) is 0.409. The molecule has 1 saturated carbocycles. The Kier molecular flexibility index (Phi) is 6.66. The molecule has 0 atom stereocenters. The lowest BCUT2D eigenvalue weighted by atomic mass is 9.97. The number of hydrogen-bond acceptors (Lipinski definition) is 2.